The minimum atomic E-state index is -1.43. The number of carbonyl (C=O) groups excluding carboxylic acids is 2. The summed E-state index contributed by atoms with van der Waals surface area (Å²) in [5, 5.41) is 13.2. The highest BCUT2D eigenvalue weighted by Crippen LogP contribution is 2.46. The first kappa shape index (κ1) is 29.2. The number of benzene rings is 1. The highest BCUT2D eigenvalue weighted by Gasteiger charge is 2.40. The number of hydrogen-bond acceptors (Lipinski definition) is 8. The molecule has 0 saturated carbocycles. The number of aromatic nitrogens is 4. The fraction of sp³-hybridized carbons (Fsp3) is 0.267. The maximum Gasteiger partial charge on any atom is 0.355 e. The molecule has 0 spiro atoms. The summed E-state index contributed by atoms with van der Waals surface area (Å²) in [6.07, 6.45) is 2.75. The monoisotopic (exact) mass is 621 g/mol. The molecule has 0 bridgehead atoms. The van der Waals surface area contributed by atoms with E-state index in [1.54, 1.807) is 24.1 Å². The zero-order valence-corrected chi connectivity index (χ0v) is 24.6. The summed E-state index contributed by atoms with van der Waals surface area (Å²) in [7, 11) is 0. The van der Waals surface area contributed by atoms with E-state index in [1.165, 1.54) is 9.47 Å². The molecule has 2 aliphatic heterocycles. The number of anilines is 2. The van der Waals surface area contributed by atoms with Gasteiger partial charge in [0.2, 0.25) is 11.8 Å². The minimum Gasteiger partial charge on any atom is -0.507 e. The number of piperazine rings is 1. The molecule has 2 N–H and O–H groups in total. The number of nitrogens with one attached hydrogen (secondary N) is 1. The number of fused-ring (bicyclic) bond motifs is 2. The molecule has 44 heavy (non-hydrogen) atoms. The van der Waals surface area contributed by atoms with Crippen molar-refractivity contribution in [2.75, 3.05) is 29.9 Å². The predicted octanol–water partition coefficient (Wildman–Crippen LogP) is 4.07. The third kappa shape index (κ3) is 4.37. The highest BCUT2D eigenvalue weighted by atomic mass is 35.5. The molecule has 1 fully saturated rings. The van der Waals surface area contributed by atoms with E-state index in [-0.39, 0.29) is 59.0 Å². The molecule has 226 valence electrons. The summed E-state index contributed by atoms with van der Waals surface area (Å²) in [5.41, 5.74) is -0.442. The Morgan fingerprint density at radius 3 is 2.66 bits per heavy atom. The van der Waals surface area contributed by atoms with Crippen LogP contribution in [0.3, 0.4) is 0 Å². The number of nitrogens with zero attached hydrogens (tertiary/aromatic N) is 6. The van der Waals surface area contributed by atoms with Crippen LogP contribution in [-0.2, 0) is 9.59 Å². The van der Waals surface area contributed by atoms with Gasteiger partial charge in [0.25, 0.3) is 0 Å². The molecule has 11 nitrogen and oxygen atoms in total. The van der Waals surface area contributed by atoms with Crippen molar-refractivity contribution in [2.45, 2.75) is 32.7 Å². The van der Waals surface area contributed by atoms with Gasteiger partial charge in [-0.25, -0.2) is 23.1 Å². The van der Waals surface area contributed by atoms with Crippen LogP contribution in [0.15, 0.2) is 41.8 Å². The van der Waals surface area contributed by atoms with Crippen LogP contribution in [0.4, 0.5) is 20.3 Å². The summed E-state index contributed by atoms with van der Waals surface area (Å²) in [6, 6.07) is 2.41. The van der Waals surface area contributed by atoms with Gasteiger partial charge in [0.05, 0.1) is 39.6 Å². The van der Waals surface area contributed by atoms with E-state index >= 15 is 4.39 Å². The third-order valence-electron chi connectivity index (χ3n) is 7.87. The zero-order chi connectivity index (χ0) is 31.6. The van der Waals surface area contributed by atoms with Crippen LogP contribution in [0.2, 0.25) is 5.02 Å². The molecule has 5 heterocycles. The molecule has 0 radical (unpaired) electrons. The lowest BCUT2D eigenvalue weighted by molar-refractivity contribution is -0.128. The molecule has 1 unspecified atom stereocenters. The lowest BCUT2D eigenvalue weighted by Crippen LogP contribution is -2.58. The van der Waals surface area contributed by atoms with Gasteiger partial charge in [0.1, 0.15) is 23.3 Å². The lowest BCUT2D eigenvalue weighted by Gasteiger charge is -2.39. The third-order valence-corrected chi connectivity index (χ3v) is 8.24. The summed E-state index contributed by atoms with van der Waals surface area (Å²) in [6.45, 7) is 9.37. The van der Waals surface area contributed by atoms with Crippen molar-refractivity contribution in [3.05, 3.63) is 75.4 Å². The van der Waals surface area contributed by atoms with E-state index in [0.717, 1.165) is 18.2 Å². The Morgan fingerprint density at radius 2 is 1.95 bits per heavy atom. The maximum absolute atomic E-state index is 15.3. The Bertz CT molecular complexity index is 1980. The number of halogens is 3. The van der Waals surface area contributed by atoms with Crippen LogP contribution in [0.25, 0.3) is 28.0 Å². The SMILES string of the molecule is C=CC(=O)N1CCN2c3nc(=O)n(-c4c(C)ccnc4C(C)C)c4nc(-c5c(O)ccc(F)c5F)c(Cl)c(c34)NC(=O)C2C1. The van der Waals surface area contributed by atoms with E-state index in [0.29, 0.717) is 16.9 Å². The second-order valence-electron chi connectivity index (χ2n) is 10.9. The molecule has 2 amide bonds. The molecule has 4 aromatic rings. The first-order valence-electron chi connectivity index (χ1n) is 13.7. The number of aromatic hydroxyl groups is 1. The number of pyridine rings is 2. The Labute approximate surface area is 254 Å². The van der Waals surface area contributed by atoms with Crippen molar-refractivity contribution < 1.29 is 23.5 Å². The van der Waals surface area contributed by atoms with Gasteiger partial charge in [0, 0.05) is 19.3 Å². The van der Waals surface area contributed by atoms with E-state index in [9.17, 15) is 23.9 Å². The van der Waals surface area contributed by atoms with Crippen molar-refractivity contribution in [2.24, 2.45) is 0 Å². The van der Waals surface area contributed by atoms with Gasteiger partial charge in [-0.2, -0.15) is 4.98 Å². The first-order valence-corrected chi connectivity index (χ1v) is 14.1. The molecular formula is C30H26ClF2N7O4. The number of phenolic OH excluding ortho intramolecular Hbond substituents is 1. The standard InChI is InChI=1S/C30H26ClF2N7O4/c1-5-18(42)38-10-11-39-16(12-38)29(43)36-25-20-27(39)37-30(44)40(26-14(4)8-9-34-23(26)13(2)3)28(20)35-24(21(25)31)19-17(41)7-6-15(32)22(19)33/h5-9,13,16,41H,1,10-12H2,2-4H3,(H,36,43). The molecule has 3 aromatic heterocycles. The Morgan fingerprint density at radius 1 is 1.20 bits per heavy atom. The van der Waals surface area contributed by atoms with Crippen LogP contribution < -0.4 is 15.9 Å². The number of carbonyl (C=O) groups is 2. The molecular weight excluding hydrogens is 596 g/mol. The van der Waals surface area contributed by atoms with Crippen molar-refractivity contribution in [1.29, 1.82) is 0 Å². The van der Waals surface area contributed by atoms with Gasteiger partial charge in [-0.05, 0) is 42.7 Å². The van der Waals surface area contributed by atoms with Crippen LogP contribution in [0.5, 0.6) is 5.75 Å². The summed E-state index contributed by atoms with van der Waals surface area (Å²) >= 11 is 6.81. The van der Waals surface area contributed by atoms with Gasteiger partial charge in [-0.15, -0.1) is 0 Å². The number of hydrogen-bond donors (Lipinski definition) is 2. The van der Waals surface area contributed by atoms with Crippen LogP contribution >= 0.6 is 11.6 Å². The zero-order valence-electron chi connectivity index (χ0n) is 23.9. The molecule has 1 aromatic carbocycles. The van der Waals surface area contributed by atoms with Gasteiger partial charge in [-0.3, -0.25) is 14.6 Å². The minimum absolute atomic E-state index is 0.0483. The first-order chi connectivity index (χ1) is 20.9. The number of amides is 2. The molecule has 1 saturated heterocycles. The number of aryl methyl sites for hydroxylation is 1. The van der Waals surface area contributed by atoms with Gasteiger partial charge < -0.3 is 20.2 Å². The lowest BCUT2D eigenvalue weighted by atomic mass is 10.0. The quantitative estimate of drug-likeness (QED) is 0.326. The predicted molar refractivity (Wildman–Crippen MR) is 160 cm³/mol. The fourth-order valence-electron chi connectivity index (χ4n) is 5.75. The maximum atomic E-state index is 15.3. The molecule has 2 aliphatic rings. The number of phenols is 1. The topological polar surface area (TPSA) is 134 Å². The van der Waals surface area contributed by atoms with E-state index in [1.807, 2.05) is 13.8 Å². The summed E-state index contributed by atoms with van der Waals surface area (Å²) < 4.78 is 31.0. The van der Waals surface area contributed by atoms with Crippen molar-refractivity contribution >= 4 is 46.0 Å². The fourth-order valence-corrected chi connectivity index (χ4v) is 6.03. The normalized spacial score (nSPS) is 16.2. The number of rotatable bonds is 4. The molecule has 0 aliphatic carbocycles. The van der Waals surface area contributed by atoms with Crippen LogP contribution in [0, 0.1) is 18.6 Å². The molecule has 6 rings (SSSR count). The van der Waals surface area contributed by atoms with Crippen molar-refractivity contribution in [3.63, 3.8) is 0 Å². The van der Waals surface area contributed by atoms with E-state index in [4.69, 9.17) is 11.6 Å². The average molecular weight is 622 g/mol. The molecule has 1 atom stereocenters. The second kappa shape index (κ2) is 10.7. The Kier molecular flexibility index (Phi) is 7.07. The smallest absolute Gasteiger partial charge is 0.355 e. The summed E-state index contributed by atoms with van der Waals surface area (Å²) in [5.74, 6) is -4.41. The van der Waals surface area contributed by atoms with Gasteiger partial charge >= 0.3 is 5.69 Å². The van der Waals surface area contributed by atoms with Crippen LogP contribution in [0.1, 0.15) is 31.0 Å². The Balaban J connectivity index is 1.75. The Hall–Kier alpha value is -4.91. The highest BCUT2D eigenvalue weighted by molar-refractivity contribution is 6.38. The van der Waals surface area contributed by atoms with Crippen molar-refractivity contribution in [1.82, 2.24) is 24.4 Å². The van der Waals surface area contributed by atoms with Gasteiger partial charge in [0.15, 0.2) is 17.3 Å². The van der Waals surface area contributed by atoms with E-state index < -0.39 is 46.3 Å². The molecule has 14 heteroatoms. The van der Waals surface area contributed by atoms with Crippen molar-refractivity contribution in [3.8, 4) is 22.7 Å². The van der Waals surface area contributed by atoms with Gasteiger partial charge in [-0.1, -0.05) is 32.0 Å². The van der Waals surface area contributed by atoms with Crippen LogP contribution in [-0.4, -0.2) is 67.0 Å². The van der Waals surface area contributed by atoms with E-state index in [2.05, 4.69) is 26.8 Å². The average Bonchev–Trinajstić information content (AvgIpc) is 3.11. The second-order valence-corrected chi connectivity index (χ2v) is 11.2. The summed E-state index contributed by atoms with van der Waals surface area (Å²) in [4.78, 5) is 56.8. The largest absolute Gasteiger partial charge is 0.507 e.